The van der Waals surface area contributed by atoms with Crippen molar-refractivity contribution in [3.05, 3.63) is 40.6 Å². The first-order valence-electron chi connectivity index (χ1n) is 8.96. The van der Waals surface area contributed by atoms with E-state index in [4.69, 9.17) is 4.74 Å². The number of benzene rings is 1. The number of piperidine rings is 1. The first-order chi connectivity index (χ1) is 12.0. The number of hydrogen-bond donors (Lipinski definition) is 0. The summed E-state index contributed by atoms with van der Waals surface area (Å²) in [6.45, 7) is 6.39. The van der Waals surface area contributed by atoms with Crippen LogP contribution in [-0.2, 0) is 14.3 Å². The van der Waals surface area contributed by atoms with E-state index >= 15 is 0 Å². The average molecular weight is 342 g/mol. The van der Waals surface area contributed by atoms with Gasteiger partial charge in [0, 0.05) is 20.2 Å². The minimum absolute atomic E-state index is 0.183. The summed E-state index contributed by atoms with van der Waals surface area (Å²) in [6.07, 6.45) is 3.30. The third kappa shape index (κ3) is 3.33. The fourth-order valence-electron chi connectivity index (χ4n) is 3.52. The number of ether oxygens (including phenoxy) is 1. The molecule has 0 aromatic heterocycles. The van der Waals surface area contributed by atoms with Gasteiger partial charge in [-0.15, -0.1) is 0 Å². The second-order valence-corrected chi connectivity index (χ2v) is 6.83. The lowest BCUT2D eigenvalue weighted by atomic mass is 9.98. The number of nitrogens with zero attached hydrogens (tertiary/aromatic N) is 2. The van der Waals surface area contributed by atoms with Crippen molar-refractivity contribution in [3.63, 3.8) is 0 Å². The van der Waals surface area contributed by atoms with Gasteiger partial charge in [-0.25, -0.2) is 0 Å². The van der Waals surface area contributed by atoms with Crippen LogP contribution in [0.4, 0.5) is 0 Å². The molecule has 134 valence electrons. The third-order valence-corrected chi connectivity index (χ3v) is 5.13. The van der Waals surface area contributed by atoms with Gasteiger partial charge in [0.15, 0.2) is 0 Å². The summed E-state index contributed by atoms with van der Waals surface area (Å²) in [4.78, 5) is 29.5. The van der Waals surface area contributed by atoms with E-state index in [2.05, 4.69) is 4.90 Å². The second-order valence-electron chi connectivity index (χ2n) is 6.83. The first-order valence-corrected chi connectivity index (χ1v) is 8.96. The second kappa shape index (κ2) is 7.40. The number of carbonyl (C=O) groups excluding carboxylic acids is 2. The highest BCUT2D eigenvalue weighted by Crippen LogP contribution is 2.33. The monoisotopic (exact) mass is 342 g/mol. The molecule has 0 atom stereocenters. The van der Waals surface area contributed by atoms with Crippen LogP contribution in [0.3, 0.4) is 0 Å². The Bertz CT molecular complexity index is 718. The lowest BCUT2D eigenvalue weighted by Gasteiger charge is -2.29. The Balaban J connectivity index is 2.05. The molecule has 2 heterocycles. The molecule has 2 amide bonds. The van der Waals surface area contributed by atoms with Crippen LogP contribution in [0.2, 0.25) is 0 Å². The molecule has 5 heteroatoms. The van der Waals surface area contributed by atoms with Crippen LogP contribution in [0, 0.1) is 13.8 Å². The van der Waals surface area contributed by atoms with Crippen LogP contribution in [-0.4, -0.2) is 55.0 Å². The van der Waals surface area contributed by atoms with E-state index < -0.39 is 0 Å². The number of carbonyl (C=O) groups is 2. The summed E-state index contributed by atoms with van der Waals surface area (Å²) in [5.74, 6) is -0.386. The Hall–Kier alpha value is -2.14. The maximum absolute atomic E-state index is 13.0. The summed E-state index contributed by atoms with van der Waals surface area (Å²) >= 11 is 0. The van der Waals surface area contributed by atoms with E-state index in [1.807, 2.05) is 32.0 Å². The molecular weight excluding hydrogens is 316 g/mol. The molecule has 1 saturated heterocycles. The van der Waals surface area contributed by atoms with Crippen molar-refractivity contribution >= 4 is 17.4 Å². The predicted octanol–water partition coefficient (Wildman–Crippen LogP) is 2.52. The van der Waals surface area contributed by atoms with Crippen molar-refractivity contribution in [2.75, 3.05) is 33.4 Å². The van der Waals surface area contributed by atoms with Crippen LogP contribution >= 0.6 is 0 Å². The van der Waals surface area contributed by atoms with E-state index in [0.717, 1.165) is 37.1 Å². The number of aryl methyl sites for hydroxylation is 2. The van der Waals surface area contributed by atoms with E-state index in [1.165, 1.54) is 16.9 Å². The van der Waals surface area contributed by atoms with Gasteiger partial charge in [0.25, 0.3) is 11.8 Å². The quantitative estimate of drug-likeness (QED) is 0.772. The minimum Gasteiger partial charge on any atom is -0.383 e. The van der Waals surface area contributed by atoms with Gasteiger partial charge in [-0.1, -0.05) is 18.2 Å². The molecule has 1 fully saturated rings. The van der Waals surface area contributed by atoms with Crippen molar-refractivity contribution in [2.24, 2.45) is 0 Å². The van der Waals surface area contributed by atoms with Gasteiger partial charge in [-0.3, -0.25) is 14.5 Å². The van der Waals surface area contributed by atoms with Gasteiger partial charge in [0.2, 0.25) is 0 Å². The zero-order valence-corrected chi connectivity index (χ0v) is 15.3. The molecule has 25 heavy (non-hydrogen) atoms. The smallest absolute Gasteiger partial charge is 0.277 e. The molecule has 2 aliphatic heterocycles. The van der Waals surface area contributed by atoms with E-state index in [0.29, 0.717) is 24.4 Å². The molecule has 5 nitrogen and oxygen atoms in total. The first kappa shape index (κ1) is 17.7. The van der Waals surface area contributed by atoms with Gasteiger partial charge >= 0.3 is 0 Å². The zero-order chi connectivity index (χ0) is 18.0. The Morgan fingerprint density at radius 3 is 2.36 bits per heavy atom. The van der Waals surface area contributed by atoms with Gasteiger partial charge in [0.1, 0.15) is 5.70 Å². The fourth-order valence-corrected chi connectivity index (χ4v) is 3.52. The maximum atomic E-state index is 13.0. The highest BCUT2D eigenvalue weighted by Gasteiger charge is 2.41. The molecule has 3 rings (SSSR count). The molecule has 2 aliphatic rings. The molecule has 0 bridgehead atoms. The normalized spacial score (nSPS) is 18.5. The lowest BCUT2D eigenvalue weighted by molar-refractivity contribution is -0.138. The number of hydrogen-bond acceptors (Lipinski definition) is 4. The maximum Gasteiger partial charge on any atom is 0.277 e. The van der Waals surface area contributed by atoms with Crippen LogP contribution < -0.4 is 0 Å². The van der Waals surface area contributed by atoms with Crippen molar-refractivity contribution in [1.29, 1.82) is 0 Å². The number of rotatable bonds is 5. The van der Waals surface area contributed by atoms with Crippen LogP contribution in [0.1, 0.15) is 36.0 Å². The molecule has 0 aliphatic carbocycles. The molecule has 0 saturated carbocycles. The van der Waals surface area contributed by atoms with Crippen LogP contribution in [0.5, 0.6) is 0 Å². The van der Waals surface area contributed by atoms with Crippen LogP contribution in [0.25, 0.3) is 5.57 Å². The Kier molecular flexibility index (Phi) is 5.23. The van der Waals surface area contributed by atoms with E-state index in [9.17, 15) is 9.59 Å². The van der Waals surface area contributed by atoms with Crippen molar-refractivity contribution < 1.29 is 14.3 Å². The molecule has 1 aromatic rings. The largest absolute Gasteiger partial charge is 0.383 e. The molecule has 0 radical (unpaired) electrons. The summed E-state index contributed by atoms with van der Waals surface area (Å²) in [5, 5.41) is 0. The van der Waals surface area contributed by atoms with Gasteiger partial charge in [-0.2, -0.15) is 0 Å². The molecule has 0 spiro atoms. The minimum atomic E-state index is -0.203. The number of amides is 2. The number of likely N-dealkylation sites (tertiary alicyclic amines) is 1. The summed E-state index contributed by atoms with van der Waals surface area (Å²) in [7, 11) is 1.58. The summed E-state index contributed by atoms with van der Waals surface area (Å²) < 4.78 is 5.08. The Labute approximate surface area is 149 Å². The molecular formula is C20H26N2O3. The van der Waals surface area contributed by atoms with E-state index in [-0.39, 0.29) is 11.8 Å². The number of methoxy groups -OCH3 is 1. The molecule has 0 unspecified atom stereocenters. The van der Waals surface area contributed by atoms with Crippen molar-refractivity contribution in [3.8, 4) is 0 Å². The fraction of sp³-hybridized carbons (Fsp3) is 0.500. The Morgan fingerprint density at radius 2 is 1.72 bits per heavy atom. The summed E-state index contributed by atoms with van der Waals surface area (Å²) in [6, 6.07) is 5.98. The summed E-state index contributed by atoms with van der Waals surface area (Å²) in [5.41, 5.74) is 4.26. The van der Waals surface area contributed by atoms with Crippen molar-refractivity contribution in [1.82, 2.24) is 9.80 Å². The van der Waals surface area contributed by atoms with Gasteiger partial charge in [0.05, 0.1) is 18.7 Å². The Morgan fingerprint density at radius 1 is 1.00 bits per heavy atom. The van der Waals surface area contributed by atoms with Gasteiger partial charge < -0.3 is 9.64 Å². The number of imide groups is 1. The molecule has 0 N–H and O–H groups in total. The predicted molar refractivity (Wildman–Crippen MR) is 96.9 cm³/mol. The SMILES string of the molecule is COCCN1C(=O)C(c2ccc(C)c(C)c2)=C(N2CCCCC2)C1=O. The topological polar surface area (TPSA) is 49.9 Å². The van der Waals surface area contributed by atoms with Crippen LogP contribution in [0.15, 0.2) is 23.9 Å². The lowest BCUT2D eigenvalue weighted by Crippen LogP contribution is -2.38. The third-order valence-electron chi connectivity index (χ3n) is 5.13. The van der Waals surface area contributed by atoms with Crippen molar-refractivity contribution in [2.45, 2.75) is 33.1 Å². The van der Waals surface area contributed by atoms with E-state index in [1.54, 1.807) is 7.11 Å². The highest BCUT2D eigenvalue weighted by molar-refractivity contribution is 6.35. The zero-order valence-electron chi connectivity index (χ0n) is 15.3. The average Bonchev–Trinajstić information content (AvgIpc) is 2.87. The highest BCUT2D eigenvalue weighted by atomic mass is 16.5. The molecule has 1 aromatic carbocycles. The standard InChI is InChI=1S/C20H26N2O3/c1-14-7-8-16(13-15(14)2)17-18(21-9-5-4-6-10-21)20(24)22(19(17)23)11-12-25-3/h7-8,13H,4-6,9-12H2,1-3H3. The van der Waals surface area contributed by atoms with Gasteiger partial charge in [-0.05, 0) is 49.8 Å².